The molecule has 0 aromatic carbocycles. The quantitative estimate of drug-likeness (QED) is 0.548. The maximum Gasteiger partial charge on any atom is 0.256 e. The lowest BCUT2D eigenvalue weighted by Gasteiger charge is -2.34. The number of hydrogen-bond donors (Lipinski definition) is 0. The standard InChI is InChI=1S/C24H27FN8O2/c1-30-11-13-31(14-12-30)23-21(25)24(35-17-5-4-9-32(16-17)20(34)7-8-26)29-22(28-23)18-15-27-33-10-3-2-6-19(18)33/h2-3,6,10,15,17H,4-5,7,9,11-14,16H2,1H3/t17-/m1/s1. The number of piperidine rings is 1. The van der Waals surface area contributed by atoms with Crippen LogP contribution in [0, 0.1) is 17.1 Å². The Balaban J connectivity index is 1.50. The number of piperazine rings is 1. The van der Waals surface area contributed by atoms with Crippen molar-refractivity contribution in [3.8, 4) is 23.3 Å². The van der Waals surface area contributed by atoms with E-state index in [1.54, 1.807) is 15.6 Å². The summed E-state index contributed by atoms with van der Waals surface area (Å²) in [4.78, 5) is 27.0. The van der Waals surface area contributed by atoms with Crippen LogP contribution in [0.1, 0.15) is 19.3 Å². The fourth-order valence-electron chi connectivity index (χ4n) is 4.55. The normalized spacial score (nSPS) is 19.1. The molecule has 10 nitrogen and oxygen atoms in total. The summed E-state index contributed by atoms with van der Waals surface area (Å²) in [6.07, 6.45) is 4.27. The number of amides is 1. The van der Waals surface area contributed by atoms with Gasteiger partial charge in [0.05, 0.1) is 29.9 Å². The van der Waals surface area contributed by atoms with Crippen molar-refractivity contribution < 1.29 is 13.9 Å². The second-order valence-electron chi connectivity index (χ2n) is 8.93. The Bertz CT molecular complexity index is 1260. The Kier molecular flexibility index (Phi) is 6.46. The van der Waals surface area contributed by atoms with E-state index in [0.717, 1.165) is 18.6 Å². The third kappa shape index (κ3) is 4.74. The van der Waals surface area contributed by atoms with Gasteiger partial charge >= 0.3 is 0 Å². The summed E-state index contributed by atoms with van der Waals surface area (Å²) in [6.45, 7) is 3.72. The van der Waals surface area contributed by atoms with Gasteiger partial charge in [0, 0.05) is 38.9 Å². The summed E-state index contributed by atoms with van der Waals surface area (Å²) in [5.41, 5.74) is 1.49. The van der Waals surface area contributed by atoms with Gasteiger partial charge in [-0.2, -0.15) is 19.7 Å². The predicted octanol–water partition coefficient (Wildman–Crippen LogP) is 1.97. The molecule has 0 saturated carbocycles. The predicted molar refractivity (Wildman–Crippen MR) is 126 cm³/mol. The summed E-state index contributed by atoms with van der Waals surface area (Å²) in [6, 6.07) is 7.58. The van der Waals surface area contributed by atoms with E-state index in [9.17, 15) is 4.79 Å². The maximum absolute atomic E-state index is 15.8. The summed E-state index contributed by atoms with van der Waals surface area (Å²) in [5, 5.41) is 13.2. The average Bonchev–Trinajstić information content (AvgIpc) is 3.30. The number of hydrogen-bond acceptors (Lipinski definition) is 8. The van der Waals surface area contributed by atoms with Crippen molar-refractivity contribution in [3.63, 3.8) is 0 Å². The number of nitrogens with zero attached hydrogens (tertiary/aromatic N) is 8. The van der Waals surface area contributed by atoms with Crippen LogP contribution in [0.15, 0.2) is 30.6 Å². The minimum absolute atomic E-state index is 0.126. The van der Waals surface area contributed by atoms with Gasteiger partial charge in [-0.15, -0.1) is 0 Å². The number of aromatic nitrogens is 4. The second-order valence-corrected chi connectivity index (χ2v) is 8.93. The third-order valence-electron chi connectivity index (χ3n) is 6.51. The lowest BCUT2D eigenvalue weighted by Crippen LogP contribution is -2.45. The van der Waals surface area contributed by atoms with Gasteiger partial charge in [-0.1, -0.05) is 6.07 Å². The van der Waals surface area contributed by atoms with Gasteiger partial charge in [-0.3, -0.25) is 4.79 Å². The number of pyridine rings is 1. The van der Waals surface area contributed by atoms with E-state index in [1.807, 2.05) is 42.4 Å². The first-order valence-corrected chi connectivity index (χ1v) is 11.8. The number of likely N-dealkylation sites (N-methyl/N-ethyl adjacent to an activating group) is 1. The van der Waals surface area contributed by atoms with Gasteiger partial charge in [0.25, 0.3) is 5.88 Å². The van der Waals surface area contributed by atoms with E-state index >= 15 is 4.39 Å². The van der Waals surface area contributed by atoms with Crippen molar-refractivity contribution in [2.45, 2.75) is 25.4 Å². The largest absolute Gasteiger partial charge is 0.470 e. The first-order chi connectivity index (χ1) is 17.0. The Morgan fingerprint density at radius 3 is 2.86 bits per heavy atom. The highest BCUT2D eigenvalue weighted by molar-refractivity contribution is 5.78. The first kappa shape index (κ1) is 23.0. The fraction of sp³-hybridized carbons (Fsp3) is 0.458. The van der Waals surface area contributed by atoms with E-state index in [2.05, 4.69) is 20.0 Å². The lowest BCUT2D eigenvalue weighted by molar-refractivity contribution is -0.132. The fourth-order valence-corrected chi connectivity index (χ4v) is 4.55. The van der Waals surface area contributed by atoms with Crippen LogP contribution in [0.5, 0.6) is 5.88 Å². The molecule has 182 valence electrons. The highest BCUT2D eigenvalue weighted by Gasteiger charge is 2.29. The molecule has 0 bridgehead atoms. The van der Waals surface area contributed by atoms with Gasteiger partial charge in [0.15, 0.2) is 11.6 Å². The van der Waals surface area contributed by atoms with Crippen molar-refractivity contribution in [2.24, 2.45) is 0 Å². The number of halogens is 1. The van der Waals surface area contributed by atoms with E-state index in [1.165, 1.54) is 0 Å². The van der Waals surface area contributed by atoms with Crippen LogP contribution in [0.2, 0.25) is 0 Å². The molecule has 2 aliphatic heterocycles. The molecule has 0 aliphatic carbocycles. The number of fused-ring (bicyclic) bond motifs is 1. The number of rotatable bonds is 5. The van der Waals surface area contributed by atoms with E-state index in [0.29, 0.717) is 50.4 Å². The van der Waals surface area contributed by atoms with Gasteiger partial charge in [-0.05, 0) is 32.0 Å². The number of likely N-dealkylation sites (tertiary alicyclic amines) is 1. The molecule has 3 aromatic rings. The minimum atomic E-state index is -0.602. The average molecular weight is 479 g/mol. The van der Waals surface area contributed by atoms with Crippen LogP contribution in [-0.4, -0.2) is 87.7 Å². The Morgan fingerprint density at radius 1 is 1.23 bits per heavy atom. The number of ether oxygens (including phenoxy) is 1. The van der Waals surface area contributed by atoms with E-state index in [4.69, 9.17) is 10.00 Å². The monoisotopic (exact) mass is 478 g/mol. The van der Waals surface area contributed by atoms with Crippen LogP contribution in [0.25, 0.3) is 16.9 Å². The molecule has 35 heavy (non-hydrogen) atoms. The van der Waals surface area contributed by atoms with E-state index in [-0.39, 0.29) is 24.0 Å². The molecular weight excluding hydrogens is 451 g/mol. The highest BCUT2D eigenvalue weighted by Crippen LogP contribution is 2.32. The Hall–Kier alpha value is -3.78. The highest BCUT2D eigenvalue weighted by atomic mass is 19.1. The van der Waals surface area contributed by atoms with Crippen molar-refractivity contribution in [2.75, 3.05) is 51.2 Å². The molecule has 2 aliphatic rings. The SMILES string of the molecule is CN1CCN(c2nc(-c3cnn4ccccc34)nc(O[C@@H]3CCCN(C(=O)CC#N)C3)c2F)CC1. The molecule has 2 fully saturated rings. The lowest BCUT2D eigenvalue weighted by atomic mass is 10.1. The zero-order valence-corrected chi connectivity index (χ0v) is 19.6. The van der Waals surface area contributed by atoms with Crippen molar-refractivity contribution in [1.82, 2.24) is 29.4 Å². The topological polar surface area (TPSA) is 103 Å². The van der Waals surface area contributed by atoms with Crippen LogP contribution in [0.3, 0.4) is 0 Å². The molecule has 5 heterocycles. The second kappa shape index (κ2) is 9.84. The molecule has 0 radical (unpaired) electrons. The molecule has 0 N–H and O–H groups in total. The van der Waals surface area contributed by atoms with Gasteiger partial charge in [-0.25, -0.2) is 9.50 Å². The van der Waals surface area contributed by atoms with E-state index < -0.39 is 11.9 Å². The molecule has 5 rings (SSSR count). The maximum atomic E-state index is 15.8. The molecule has 2 saturated heterocycles. The summed E-state index contributed by atoms with van der Waals surface area (Å²) in [5.74, 6) is -0.422. The van der Waals surface area contributed by atoms with Gasteiger partial charge in [0.2, 0.25) is 11.7 Å². The zero-order valence-electron chi connectivity index (χ0n) is 19.6. The molecule has 1 amide bonds. The van der Waals surface area contributed by atoms with Crippen LogP contribution in [-0.2, 0) is 4.79 Å². The number of anilines is 1. The van der Waals surface area contributed by atoms with Crippen LogP contribution in [0.4, 0.5) is 10.2 Å². The van der Waals surface area contributed by atoms with Crippen LogP contribution >= 0.6 is 0 Å². The smallest absolute Gasteiger partial charge is 0.256 e. The summed E-state index contributed by atoms with van der Waals surface area (Å²) in [7, 11) is 2.04. The molecule has 1 atom stereocenters. The summed E-state index contributed by atoms with van der Waals surface area (Å²) < 4.78 is 23.6. The third-order valence-corrected chi connectivity index (χ3v) is 6.51. The number of carbonyl (C=O) groups is 1. The molecule has 11 heteroatoms. The van der Waals surface area contributed by atoms with Gasteiger partial charge in [0.1, 0.15) is 12.5 Å². The molecule has 3 aromatic heterocycles. The molecular formula is C24H27FN8O2. The zero-order chi connectivity index (χ0) is 24.4. The first-order valence-electron chi connectivity index (χ1n) is 11.8. The summed E-state index contributed by atoms with van der Waals surface area (Å²) >= 11 is 0. The van der Waals surface area contributed by atoms with Crippen LogP contribution < -0.4 is 9.64 Å². The number of nitriles is 1. The Morgan fingerprint density at radius 2 is 2.06 bits per heavy atom. The van der Waals surface area contributed by atoms with Crippen molar-refractivity contribution in [3.05, 3.63) is 36.4 Å². The number of carbonyl (C=O) groups excluding carboxylic acids is 1. The van der Waals surface area contributed by atoms with Gasteiger partial charge < -0.3 is 19.4 Å². The van der Waals surface area contributed by atoms with Crippen molar-refractivity contribution in [1.29, 1.82) is 5.26 Å². The molecule has 0 unspecified atom stereocenters. The Labute approximate surface area is 202 Å². The molecule has 0 spiro atoms. The van der Waals surface area contributed by atoms with Crippen molar-refractivity contribution >= 4 is 17.2 Å². The minimum Gasteiger partial charge on any atom is -0.470 e.